The first-order chi connectivity index (χ1) is 18.1. The molecular formula is C27H42N8O4. The molecule has 3 amide bonds. The molecule has 2 aromatic heterocycles. The van der Waals surface area contributed by atoms with Crippen LogP contribution in [0, 0.1) is 0 Å². The van der Waals surface area contributed by atoms with Crippen molar-refractivity contribution in [1.29, 1.82) is 0 Å². The van der Waals surface area contributed by atoms with E-state index in [1.807, 2.05) is 32.7 Å². The van der Waals surface area contributed by atoms with Crippen LogP contribution in [-0.2, 0) is 22.4 Å². The highest BCUT2D eigenvalue weighted by Gasteiger charge is 2.27. The van der Waals surface area contributed by atoms with Crippen molar-refractivity contribution < 1.29 is 19.1 Å². The molecule has 0 fully saturated rings. The molecule has 2 aromatic rings. The van der Waals surface area contributed by atoms with Crippen molar-refractivity contribution in [3.05, 3.63) is 35.4 Å². The molecule has 0 spiro atoms. The Bertz CT molecular complexity index is 1180. The zero-order valence-corrected chi connectivity index (χ0v) is 24.5. The van der Waals surface area contributed by atoms with Gasteiger partial charge in [-0.3, -0.25) is 19.5 Å². The Balaban J connectivity index is 2.12. The molecule has 12 heteroatoms. The van der Waals surface area contributed by atoms with E-state index in [-0.39, 0.29) is 23.5 Å². The summed E-state index contributed by atoms with van der Waals surface area (Å²) in [5.74, 6) is -0.0631. The molecule has 4 N–H and O–H groups in total. The molecule has 0 aliphatic rings. The number of carbonyl (C=O) groups excluding carboxylic acids is 3. The van der Waals surface area contributed by atoms with Gasteiger partial charge in [0.15, 0.2) is 17.3 Å². The van der Waals surface area contributed by atoms with Gasteiger partial charge in [0.05, 0.1) is 5.69 Å². The van der Waals surface area contributed by atoms with Crippen LogP contribution in [0.1, 0.15) is 70.3 Å². The zero-order valence-electron chi connectivity index (χ0n) is 24.5. The highest BCUT2D eigenvalue weighted by Crippen LogP contribution is 2.25. The van der Waals surface area contributed by atoms with Crippen LogP contribution in [0.5, 0.6) is 0 Å². The van der Waals surface area contributed by atoms with Crippen molar-refractivity contribution >= 4 is 35.2 Å². The predicted molar refractivity (Wildman–Crippen MR) is 151 cm³/mol. The van der Waals surface area contributed by atoms with Crippen LogP contribution < -0.4 is 21.3 Å². The molecule has 0 aliphatic carbocycles. The summed E-state index contributed by atoms with van der Waals surface area (Å²) in [6.07, 6.45) is 2.09. The van der Waals surface area contributed by atoms with E-state index in [0.29, 0.717) is 42.3 Å². The number of hydrogen-bond donors (Lipinski definition) is 3. The highest BCUT2D eigenvalue weighted by atomic mass is 16.6. The summed E-state index contributed by atoms with van der Waals surface area (Å²) in [6, 6.07) is 3.00. The summed E-state index contributed by atoms with van der Waals surface area (Å²) in [5.41, 5.74) is 7.05. The first-order valence-corrected chi connectivity index (χ1v) is 13.0. The number of aromatic nitrogens is 3. The third kappa shape index (κ3) is 8.79. The van der Waals surface area contributed by atoms with Gasteiger partial charge in [-0.15, -0.1) is 0 Å². The first kappa shape index (κ1) is 31.3. The topological polar surface area (TPSA) is 156 Å². The number of aryl methyl sites for hydroxylation is 1. The van der Waals surface area contributed by atoms with Gasteiger partial charge in [-0.1, -0.05) is 6.92 Å². The van der Waals surface area contributed by atoms with E-state index in [0.717, 1.165) is 0 Å². The summed E-state index contributed by atoms with van der Waals surface area (Å²) in [6.45, 7) is 13.3. The molecule has 0 unspecified atom stereocenters. The Labute approximate surface area is 230 Å². The summed E-state index contributed by atoms with van der Waals surface area (Å²) >= 11 is 0. The van der Waals surface area contributed by atoms with Gasteiger partial charge in [0.1, 0.15) is 11.6 Å². The van der Waals surface area contributed by atoms with Gasteiger partial charge in [-0.25, -0.2) is 14.8 Å². The minimum atomic E-state index is -0.712. The van der Waals surface area contributed by atoms with E-state index < -0.39 is 23.6 Å². The van der Waals surface area contributed by atoms with Crippen LogP contribution in [0.2, 0.25) is 0 Å². The molecule has 2 rings (SSSR count). The minimum Gasteiger partial charge on any atom is -0.444 e. The van der Waals surface area contributed by atoms with Gasteiger partial charge >= 0.3 is 6.09 Å². The Morgan fingerprint density at radius 2 is 1.79 bits per heavy atom. The van der Waals surface area contributed by atoms with Gasteiger partial charge < -0.3 is 26.0 Å². The Kier molecular flexibility index (Phi) is 10.6. The minimum absolute atomic E-state index is 0.0569. The summed E-state index contributed by atoms with van der Waals surface area (Å²) in [5, 5.41) is 5.98. The maximum Gasteiger partial charge on any atom is 0.410 e. The molecule has 0 saturated carbocycles. The number of rotatable bonds is 11. The van der Waals surface area contributed by atoms with Crippen LogP contribution in [-0.4, -0.2) is 76.1 Å². The number of anilines is 3. The fourth-order valence-corrected chi connectivity index (χ4v) is 3.44. The van der Waals surface area contributed by atoms with E-state index in [9.17, 15) is 14.4 Å². The van der Waals surface area contributed by atoms with E-state index in [2.05, 4.69) is 20.6 Å². The van der Waals surface area contributed by atoms with Gasteiger partial charge in [0.2, 0.25) is 5.91 Å². The van der Waals surface area contributed by atoms with Gasteiger partial charge in [0, 0.05) is 50.7 Å². The van der Waals surface area contributed by atoms with E-state index in [1.54, 1.807) is 46.0 Å². The second-order valence-corrected chi connectivity index (χ2v) is 10.6. The summed E-state index contributed by atoms with van der Waals surface area (Å²) in [4.78, 5) is 53.8. The molecule has 39 heavy (non-hydrogen) atoms. The predicted octanol–water partition coefficient (Wildman–Crippen LogP) is 3.04. The number of primary amides is 1. The molecular weight excluding hydrogens is 500 g/mol. The molecule has 0 aliphatic heterocycles. The molecule has 12 nitrogen and oxygen atoms in total. The van der Waals surface area contributed by atoms with Crippen molar-refractivity contribution in [1.82, 2.24) is 25.2 Å². The van der Waals surface area contributed by atoms with Gasteiger partial charge in [-0.05, 0) is 60.1 Å². The van der Waals surface area contributed by atoms with Crippen LogP contribution in [0.4, 0.5) is 22.1 Å². The molecule has 0 saturated heterocycles. The molecule has 1 atom stereocenters. The Morgan fingerprint density at radius 3 is 2.36 bits per heavy atom. The van der Waals surface area contributed by atoms with E-state index in [4.69, 9.17) is 15.5 Å². The van der Waals surface area contributed by atoms with Gasteiger partial charge in [0.25, 0.3) is 5.91 Å². The molecule has 2 heterocycles. The maximum absolute atomic E-state index is 12.6. The molecule has 214 valence electrons. The molecule has 0 aromatic carbocycles. The lowest BCUT2D eigenvalue weighted by atomic mass is 10.2. The number of pyridine rings is 1. The fourth-order valence-electron chi connectivity index (χ4n) is 3.44. The second kappa shape index (κ2) is 13.2. The number of ether oxygens (including phenoxy) is 1. The average molecular weight is 543 g/mol. The first-order valence-electron chi connectivity index (χ1n) is 13.0. The molecule has 0 radical (unpaired) electrons. The Morgan fingerprint density at radius 1 is 1.13 bits per heavy atom. The highest BCUT2D eigenvalue weighted by molar-refractivity contribution is 5.96. The average Bonchev–Trinajstić information content (AvgIpc) is 2.85. The van der Waals surface area contributed by atoms with Crippen LogP contribution in [0.15, 0.2) is 18.3 Å². The largest absolute Gasteiger partial charge is 0.444 e. The standard InChI is InChI=1S/C27H42N8O4/c1-10-20-24(34(8)16(2)3)33-23(21(32-20)22(28)36)31-19-12-13-29-18(15-19)11-14-30-25(37)17(4)35(9)26(38)39-27(5,6)7/h12-13,15-17H,10-11,14H2,1-9H3,(H2,28,36)(H,30,37)(H,29,31,33)/t17-/m0/s1. The normalized spacial score (nSPS) is 12.1. The van der Waals surface area contributed by atoms with Crippen molar-refractivity contribution in [2.75, 3.05) is 30.9 Å². The lowest BCUT2D eigenvalue weighted by Gasteiger charge is -2.28. The van der Waals surface area contributed by atoms with Crippen molar-refractivity contribution in [3.63, 3.8) is 0 Å². The maximum atomic E-state index is 12.6. The van der Waals surface area contributed by atoms with E-state index in [1.165, 1.54) is 11.9 Å². The number of nitrogens with zero attached hydrogens (tertiary/aromatic N) is 5. The Hall–Kier alpha value is -3.96. The number of amides is 3. The number of hydrogen-bond acceptors (Lipinski definition) is 9. The quantitative estimate of drug-likeness (QED) is 0.388. The van der Waals surface area contributed by atoms with Crippen molar-refractivity contribution in [2.24, 2.45) is 5.73 Å². The van der Waals surface area contributed by atoms with Crippen LogP contribution in [0.25, 0.3) is 0 Å². The van der Waals surface area contributed by atoms with Crippen LogP contribution >= 0.6 is 0 Å². The lowest BCUT2D eigenvalue weighted by Crippen LogP contribution is -2.47. The van der Waals surface area contributed by atoms with Crippen molar-refractivity contribution in [2.45, 2.75) is 79.0 Å². The number of nitrogens with two attached hydrogens (primary N) is 1. The summed E-state index contributed by atoms with van der Waals surface area (Å²) in [7, 11) is 3.45. The second-order valence-electron chi connectivity index (χ2n) is 10.6. The fraction of sp³-hybridized carbons (Fsp3) is 0.556. The van der Waals surface area contributed by atoms with Crippen molar-refractivity contribution in [3.8, 4) is 0 Å². The SMILES string of the molecule is CCc1nc(C(N)=O)c(Nc2ccnc(CCNC(=O)[C@H](C)N(C)C(=O)OC(C)(C)C)c2)nc1N(C)C(C)C. The monoisotopic (exact) mass is 542 g/mol. The van der Waals surface area contributed by atoms with E-state index >= 15 is 0 Å². The number of carbonyl (C=O) groups is 3. The van der Waals surface area contributed by atoms with Gasteiger partial charge in [-0.2, -0.15) is 0 Å². The third-order valence-corrected chi connectivity index (χ3v) is 6.03. The smallest absolute Gasteiger partial charge is 0.410 e. The lowest BCUT2D eigenvalue weighted by molar-refractivity contribution is -0.125. The number of likely N-dealkylation sites (N-methyl/N-ethyl adjacent to an activating group) is 1. The van der Waals surface area contributed by atoms with Crippen LogP contribution in [0.3, 0.4) is 0 Å². The number of nitrogens with one attached hydrogen (secondary N) is 2. The summed E-state index contributed by atoms with van der Waals surface area (Å²) < 4.78 is 5.32. The third-order valence-electron chi connectivity index (χ3n) is 6.03. The molecule has 0 bridgehead atoms. The zero-order chi connectivity index (χ0) is 29.5.